The lowest BCUT2D eigenvalue weighted by molar-refractivity contribution is 0.0813. The summed E-state index contributed by atoms with van der Waals surface area (Å²) in [5.41, 5.74) is 0.454. The van der Waals surface area contributed by atoms with Crippen LogP contribution >= 0.6 is 0 Å². The highest BCUT2D eigenvalue weighted by molar-refractivity contribution is 6.50. The van der Waals surface area contributed by atoms with Crippen LogP contribution in [-0.2, 0) is 0 Å². The van der Waals surface area contributed by atoms with Gasteiger partial charge in [0, 0.05) is 25.5 Å². The van der Waals surface area contributed by atoms with Gasteiger partial charge < -0.3 is 9.47 Å². The summed E-state index contributed by atoms with van der Waals surface area (Å²) in [7, 11) is 0. The minimum atomic E-state index is -0.634. The molecule has 0 saturated carbocycles. The maximum atomic E-state index is 13.2. The number of hydrogen-bond acceptors (Lipinski definition) is 6. The van der Waals surface area contributed by atoms with E-state index in [1.807, 2.05) is 0 Å². The van der Waals surface area contributed by atoms with Crippen molar-refractivity contribution in [1.29, 1.82) is 0 Å². The van der Waals surface area contributed by atoms with Crippen molar-refractivity contribution in [3.63, 3.8) is 0 Å². The van der Waals surface area contributed by atoms with Crippen molar-refractivity contribution in [2.75, 3.05) is 26.3 Å². The van der Waals surface area contributed by atoms with E-state index in [0.29, 0.717) is 11.5 Å². The van der Waals surface area contributed by atoms with Crippen molar-refractivity contribution in [3.05, 3.63) is 59.7 Å². The molecule has 0 N–H and O–H groups in total. The minimum absolute atomic E-state index is 0.227. The number of carbonyl (C=O) groups is 2. The lowest BCUT2D eigenvalue weighted by Crippen LogP contribution is -2.17. The summed E-state index contributed by atoms with van der Waals surface area (Å²) in [5, 5.41) is 0. The predicted octanol–water partition coefficient (Wildman–Crippen LogP) is 7.59. The zero-order valence-corrected chi connectivity index (χ0v) is 23.2. The quantitative estimate of drug-likeness (QED) is 0.0735. The number of rotatable bonds is 21. The third-order valence-corrected chi connectivity index (χ3v) is 6.14. The van der Waals surface area contributed by atoms with Gasteiger partial charge in [-0.15, -0.1) is 0 Å². The van der Waals surface area contributed by atoms with Crippen LogP contribution in [0.15, 0.2) is 58.5 Å². The van der Waals surface area contributed by atoms with Gasteiger partial charge in [0.1, 0.15) is 24.7 Å². The van der Waals surface area contributed by atoms with E-state index in [2.05, 4.69) is 23.8 Å². The second kappa shape index (κ2) is 19.8. The summed E-state index contributed by atoms with van der Waals surface area (Å²) in [4.78, 5) is 35.1. The number of ether oxygens (including phenoxy) is 2. The Morgan fingerprint density at radius 1 is 0.605 bits per heavy atom. The standard InChI is InChI=1S/C32H44N2O4/c1-3-5-7-9-15-21-33-23-25-37-29-19-13-11-17-27(29)31(35)32(36)28-18-12-14-20-30(28)38-26-24-34-22-16-10-8-6-4-2/h11-14,17-20,23-24H,3-10,15-16,21-22,25-26H2,1-2H3. The number of hydrogen-bond donors (Lipinski definition) is 0. The Morgan fingerprint density at radius 2 is 1.00 bits per heavy atom. The molecule has 0 aliphatic carbocycles. The number of nitrogens with zero attached hydrogens (tertiary/aromatic N) is 2. The Bertz CT molecular complexity index is 935. The van der Waals surface area contributed by atoms with Crippen molar-refractivity contribution in [1.82, 2.24) is 0 Å². The highest BCUT2D eigenvalue weighted by Crippen LogP contribution is 2.24. The molecule has 0 aromatic heterocycles. The zero-order chi connectivity index (χ0) is 27.3. The lowest BCUT2D eigenvalue weighted by atomic mass is 10.00. The zero-order valence-electron chi connectivity index (χ0n) is 23.2. The predicted molar refractivity (Wildman–Crippen MR) is 157 cm³/mol. The molecule has 0 amide bonds. The van der Waals surface area contributed by atoms with E-state index in [1.54, 1.807) is 61.0 Å². The first-order valence-corrected chi connectivity index (χ1v) is 14.2. The molecule has 2 rings (SSSR count). The van der Waals surface area contributed by atoms with E-state index in [1.165, 1.54) is 51.4 Å². The number of ketones is 2. The Kier molecular flexibility index (Phi) is 16.1. The van der Waals surface area contributed by atoms with Crippen molar-refractivity contribution in [3.8, 4) is 11.5 Å². The summed E-state index contributed by atoms with van der Waals surface area (Å²) in [6.07, 6.45) is 15.4. The Morgan fingerprint density at radius 3 is 1.42 bits per heavy atom. The first kappa shape index (κ1) is 30.9. The first-order chi connectivity index (χ1) is 18.7. The van der Waals surface area contributed by atoms with Gasteiger partial charge in [0.2, 0.25) is 11.6 Å². The van der Waals surface area contributed by atoms with E-state index in [4.69, 9.17) is 9.47 Å². The lowest BCUT2D eigenvalue weighted by Gasteiger charge is -2.11. The molecule has 0 radical (unpaired) electrons. The van der Waals surface area contributed by atoms with Gasteiger partial charge >= 0.3 is 0 Å². The van der Waals surface area contributed by atoms with E-state index >= 15 is 0 Å². The average molecular weight is 521 g/mol. The SMILES string of the molecule is CCCCCCCN=CCOc1ccccc1C(=O)C(=O)c1ccccc1OCC=NCCCCCCC. The molecule has 206 valence electrons. The van der Waals surface area contributed by atoms with Crippen molar-refractivity contribution < 1.29 is 19.1 Å². The van der Waals surface area contributed by atoms with E-state index < -0.39 is 11.6 Å². The summed E-state index contributed by atoms with van der Waals surface area (Å²) in [6.45, 7) is 6.42. The Labute approximate surface area is 228 Å². The van der Waals surface area contributed by atoms with Crippen LogP contribution in [0.5, 0.6) is 11.5 Å². The summed E-state index contributed by atoms with van der Waals surface area (Å²) >= 11 is 0. The van der Waals surface area contributed by atoms with Gasteiger partial charge in [-0.1, -0.05) is 89.5 Å². The van der Waals surface area contributed by atoms with Crippen LogP contribution in [0.4, 0.5) is 0 Å². The second-order valence-corrected chi connectivity index (χ2v) is 9.28. The molecule has 6 nitrogen and oxygen atoms in total. The number of benzene rings is 2. The van der Waals surface area contributed by atoms with Crippen molar-refractivity contribution in [2.45, 2.75) is 78.1 Å². The van der Waals surface area contributed by atoms with Gasteiger partial charge in [-0.25, -0.2) is 0 Å². The van der Waals surface area contributed by atoms with Gasteiger partial charge in [0.15, 0.2) is 0 Å². The maximum Gasteiger partial charge on any atom is 0.237 e. The molecule has 0 aliphatic rings. The van der Waals surface area contributed by atoms with Gasteiger partial charge in [-0.3, -0.25) is 19.6 Å². The number of Topliss-reactive ketones (excluding diaryl/α,β-unsaturated/α-hetero) is 2. The molecule has 0 fully saturated rings. The van der Waals surface area contributed by atoms with Gasteiger partial charge in [0.05, 0.1) is 11.1 Å². The van der Waals surface area contributed by atoms with Crippen LogP contribution in [0.1, 0.15) is 98.8 Å². The minimum Gasteiger partial charge on any atom is -0.487 e. The highest BCUT2D eigenvalue weighted by atomic mass is 16.5. The fourth-order valence-electron chi connectivity index (χ4n) is 3.96. The van der Waals surface area contributed by atoms with Crippen LogP contribution in [0, 0.1) is 0 Å². The largest absolute Gasteiger partial charge is 0.487 e. The van der Waals surface area contributed by atoms with Crippen LogP contribution in [0.2, 0.25) is 0 Å². The van der Waals surface area contributed by atoms with Crippen molar-refractivity contribution >= 4 is 24.0 Å². The topological polar surface area (TPSA) is 77.3 Å². The van der Waals surface area contributed by atoms with Gasteiger partial charge in [0.25, 0.3) is 0 Å². The third kappa shape index (κ3) is 11.8. The number of unbranched alkanes of at least 4 members (excludes halogenated alkanes) is 8. The molecular formula is C32H44N2O4. The number of carbonyl (C=O) groups excluding carboxylic acids is 2. The van der Waals surface area contributed by atoms with Crippen LogP contribution in [-0.4, -0.2) is 50.3 Å². The smallest absolute Gasteiger partial charge is 0.237 e. The van der Waals surface area contributed by atoms with E-state index in [0.717, 1.165) is 25.9 Å². The fraction of sp³-hybridized carbons (Fsp3) is 0.500. The molecule has 0 saturated heterocycles. The Balaban J connectivity index is 1.90. The summed E-state index contributed by atoms with van der Waals surface area (Å²) in [5.74, 6) is -0.537. The van der Waals surface area contributed by atoms with Gasteiger partial charge in [-0.05, 0) is 37.1 Å². The number of para-hydroxylation sites is 2. The molecule has 2 aromatic carbocycles. The second-order valence-electron chi connectivity index (χ2n) is 9.28. The summed E-state index contributed by atoms with van der Waals surface area (Å²) in [6, 6.07) is 13.6. The van der Waals surface area contributed by atoms with E-state index in [-0.39, 0.29) is 24.3 Å². The third-order valence-electron chi connectivity index (χ3n) is 6.14. The van der Waals surface area contributed by atoms with Crippen molar-refractivity contribution in [2.24, 2.45) is 9.98 Å². The monoisotopic (exact) mass is 520 g/mol. The van der Waals surface area contributed by atoms with Crippen LogP contribution in [0.25, 0.3) is 0 Å². The first-order valence-electron chi connectivity index (χ1n) is 14.2. The molecule has 2 aromatic rings. The highest BCUT2D eigenvalue weighted by Gasteiger charge is 2.24. The average Bonchev–Trinajstić information content (AvgIpc) is 2.95. The molecule has 0 unspecified atom stereocenters. The molecule has 6 heteroatoms. The van der Waals surface area contributed by atoms with Gasteiger partial charge in [-0.2, -0.15) is 0 Å². The molecule has 38 heavy (non-hydrogen) atoms. The molecule has 0 bridgehead atoms. The van der Waals surface area contributed by atoms with Crippen LogP contribution < -0.4 is 9.47 Å². The molecule has 0 aliphatic heterocycles. The van der Waals surface area contributed by atoms with E-state index in [9.17, 15) is 9.59 Å². The molecule has 0 spiro atoms. The number of aliphatic imine (C=N–C) groups is 2. The molecular weight excluding hydrogens is 476 g/mol. The van der Waals surface area contributed by atoms with Crippen LogP contribution in [0.3, 0.4) is 0 Å². The fourth-order valence-corrected chi connectivity index (χ4v) is 3.96. The molecule has 0 atom stereocenters. The summed E-state index contributed by atoms with van der Waals surface area (Å²) < 4.78 is 11.6. The Hall–Kier alpha value is -3.28. The molecule has 0 heterocycles. The normalized spacial score (nSPS) is 11.3. The maximum absolute atomic E-state index is 13.2.